The van der Waals surface area contributed by atoms with E-state index in [4.69, 9.17) is 9.73 Å². The molecule has 0 atom stereocenters. The van der Waals surface area contributed by atoms with E-state index in [0.29, 0.717) is 0 Å². The highest BCUT2D eigenvalue weighted by molar-refractivity contribution is 5.76. The van der Waals surface area contributed by atoms with Crippen molar-refractivity contribution in [2.75, 3.05) is 39.8 Å². The minimum Gasteiger partial charge on any atom is -0.463 e. The van der Waals surface area contributed by atoms with Gasteiger partial charge < -0.3 is 14.5 Å². The molecule has 4 nitrogen and oxygen atoms in total. The number of likely N-dealkylation sites (N-methyl/N-ethyl adjacent to an activating group) is 1. The molecular formula is C13H23N3O. The van der Waals surface area contributed by atoms with E-state index < -0.39 is 0 Å². The lowest BCUT2D eigenvalue weighted by Gasteiger charge is -2.32. The summed E-state index contributed by atoms with van der Waals surface area (Å²) >= 11 is 0. The van der Waals surface area contributed by atoms with E-state index in [1.54, 1.807) is 0 Å². The molecule has 1 saturated carbocycles. The smallest absolute Gasteiger partial charge is 0.288 e. The van der Waals surface area contributed by atoms with Gasteiger partial charge in [-0.1, -0.05) is 19.3 Å². The van der Waals surface area contributed by atoms with Crippen molar-refractivity contribution in [3.05, 3.63) is 0 Å². The average molecular weight is 237 g/mol. The summed E-state index contributed by atoms with van der Waals surface area (Å²) in [5.41, 5.74) is 0.150. The van der Waals surface area contributed by atoms with Gasteiger partial charge in [0.1, 0.15) is 12.1 Å². The lowest BCUT2D eigenvalue weighted by atomic mass is 9.83. The number of amidine groups is 1. The van der Waals surface area contributed by atoms with Crippen molar-refractivity contribution < 1.29 is 4.74 Å². The van der Waals surface area contributed by atoms with Crippen molar-refractivity contribution in [1.82, 2.24) is 9.80 Å². The van der Waals surface area contributed by atoms with Crippen molar-refractivity contribution in [3.8, 4) is 0 Å². The Hall–Kier alpha value is -0.770. The summed E-state index contributed by atoms with van der Waals surface area (Å²) in [4.78, 5) is 9.62. The summed E-state index contributed by atoms with van der Waals surface area (Å²) in [5, 5.41) is 0. The Balaban J connectivity index is 1.66. The molecule has 2 aliphatic heterocycles. The van der Waals surface area contributed by atoms with Gasteiger partial charge in [0.25, 0.3) is 6.02 Å². The monoisotopic (exact) mass is 237 g/mol. The van der Waals surface area contributed by atoms with Crippen LogP contribution in [-0.2, 0) is 4.74 Å². The molecule has 2 heterocycles. The fourth-order valence-corrected chi connectivity index (χ4v) is 3.09. The molecule has 3 aliphatic rings. The van der Waals surface area contributed by atoms with E-state index in [9.17, 15) is 0 Å². The molecular weight excluding hydrogens is 214 g/mol. The maximum atomic E-state index is 5.88. The predicted molar refractivity (Wildman–Crippen MR) is 68.3 cm³/mol. The summed E-state index contributed by atoms with van der Waals surface area (Å²) in [6.45, 7) is 5.19. The molecule has 17 heavy (non-hydrogen) atoms. The van der Waals surface area contributed by atoms with Gasteiger partial charge >= 0.3 is 0 Å². The number of nitrogens with zero attached hydrogens (tertiary/aromatic N) is 3. The minimum atomic E-state index is 0.150. The first-order chi connectivity index (χ1) is 8.27. The molecule has 1 saturated heterocycles. The summed E-state index contributed by atoms with van der Waals surface area (Å²) in [6.07, 6.45) is 6.47. The fourth-order valence-electron chi connectivity index (χ4n) is 3.09. The number of hydrogen-bond acceptors (Lipinski definition) is 4. The molecule has 0 aromatic rings. The maximum Gasteiger partial charge on any atom is 0.288 e. The standard InChI is InChI=1S/C13H23N3O/c1-15-7-9-16(10-8-15)12-14-13(11-17-12)5-3-2-4-6-13/h2-11H2,1H3. The van der Waals surface area contributed by atoms with E-state index in [-0.39, 0.29) is 5.54 Å². The molecule has 0 aromatic heterocycles. The topological polar surface area (TPSA) is 28.1 Å². The molecule has 0 N–H and O–H groups in total. The first-order valence-corrected chi connectivity index (χ1v) is 6.94. The van der Waals surface area contributed by atoms with E-state index in [1.165, 1.54) is 32.1 Å². The Morgan fingerprint density at radius 1 is 1.06 bits per heavy atom. The van der Waals surface area contributed by atoms with Crippen molar-refractivity contribution in [1.29, 1.82) is 0 Å². The fraction of sp³-hybridized carbons (Fsp3) is 0.923. The van der Waals surface area contributed by atoms with Crippen molar-refractivity contribution in [3.63, 3.8) is 0 Å². The molecule has 0 radical (unpaired) electrons. The predicted octanol–water partition coefficient (Wildman–Crippen LogP) is 1.32. The van der Waals surface area contributed by atoms with E-state index >= 15 is 0 Å². The quantitative estimate of drug-likeness (QED) is 0.636. The zero-order valence-electron chi connectivity index (χ0n) is 10.8. The van der Waals surface area contributed by atoms with Crippen LogP contribution in [0, 0.1) is 0 Å². The Bertz CT molecular complexity index is 302. The Labute approximate surface area is 104 Å². The first kappa shape index (κ1) is 11.3. The second-order valence-corrected chi connectivity index (χ2v) is 5.76. The van der Waals surface area contributed by atoms with Gasteiger partial charge in [-0.25, -0.2) is 4.99 Å². The van der Waals surface area contributed by atoms with Crippen LogP contribution in [0.15, 0.2) is 4.99 Å². The van der Waals surface area contributed by atoms with Crippen molar-refractivity contribution >= 4 is 6.02 Å². The maximum absolute atomic E-state index is 5.88. The molecule has 2 fully saturated rings. The van der Waals surface area contributed by atoms with Crippen molar-refractivity contribution in [2.24, 2.45) is 4.99 Å². The van der Waals surface area contributed by atoms with Crippen LogP contribution < -0.4 is 0 Å². The van der Waals surface area contributed by atoms with Gasteiger partial charge in [-0.3, -0.25) is 0 Å². The van der Waals surface area contributed by atoms with E-state index in [1.807, 2.05) is 0 Å². The average Bonchev–Trinajstić information content (AvgIpc) is 2.75. The molecule has 1 spiro atoms. The van der Waals surface area contributed by atoms with Crippen LogP contribution in [0.4, 0.5) is 0 Å². The van der Waals surface area contributed by atoms with Crippen LogP contribution >= 0.6 is 0 Å². The number of rotatable bonds is 0. The molecule has 4 heteroatoms. The third-order valence-electron chi connectivity index (χ3n) is 4.36. The third kappa shape index (κ3) is 2.28. The van der Waals surface area contributed by atoms with Crippen LogP contribution in [0.5, 0.6) is 0 Å². The molecule has 0 aromatic carbocycles. The normalized spacial score (nSPS) is 29.2. The minimum absolute atomic E-state index is 0.150. The first-order valence-electron chi connectivity index (χ1n) is 6.94. The Kier molecular flexibility index (Phi) is 2.99. The SMILES string of the molecule is CN1CCN(C2=NC3(CCCCC3)CO2)CC1. The van der Waals surface area contributed by atoms with Gasteiger partial charge in [-0.2, -0.15) is 0 Å². The van der Waals surface area contributed by atoms with Crippen LogP contribution in [0.25, 0.3) is 0 Å². The highest BCUT2D eigenvalue weighted by Crippen LogP contribution is 2.35. The number of piperazine rings is 1. The number of hydrogen-bond donors (Lipinski definition) is 0. The molecule has 3 rings (SSSR count). The highest BCUT2D eigenvalue weighted by Gasteiger charge is 2.39. The largest absolute Gasteiger partial charge is 0.463 e. The number of aliphatic imine (C=N–C) groups is 1. The van der Waals surface area contributed by atoms with Gasteiger partial charge in [0, 0.05) is 26.2 Å². The Morgan fingerprint density at radius 3 is 2.47 bits per heavy atom. The lowest BCUT2D eigenvalue weighted by Crippen LogP contribution is -2.47. The molecule has 0 unspecified atom stereocenters. The third-order valence-corrected chi connectivity index (χ3v) is 4.36. The second-order valence-electron chi connectivity index (χ2n) is 5.76. The molecule has 1 aliphatic carbocycles. The summed E-state index contributed by atoms with van der Waals surface area (Å²) in [6, 6.07) is 0.931. The summed E-state index contributed by atoms with van der Waals surface area (Å²) < 4.78 is 5.88. The van der Waals surface area contributed by atoms with Crippen LogP contribution in [0.1, 0.15) is 32.1 Å². The van der Waals surface area contributed by atoms with Crippen LogP contribution in [0.2, 0.25) is 0 Å². The van der Waals surface area contributed by atoms with Gasteiger partial charge in [0.2, 0.25) is 0 Å². The van der Waals surface area contributed by atoms with Gasteiger partial charge in [0.05, 0.1) is 0 Å². The van der Waals surface area contributed by atoms with E-state index in [2.05, 4.69) is 16.8 Å². The highest BCUT2D eigenvalue weighted by atomic mass is 16.5. The van der Waals surface area contributed by atoms with Gasteiger partial charge in [-0.15, -0.1) is 0 Å². The van der Waals surface area contributed by atoms with Gasteiger partial charge in [-0.05, 0) is 19.9 Å². The Morgan fingerprint density at radius 2 is 1.76 bits per heavy atom. The molecule has 0 bridgehead atoms. The number of ether oxygens (including phenoxy) is 1. The van der Waals surface area contributed by atoms with Crippen LogP contribution in [0.3, 0.4) is 0 Å². The van der Waals surface area contributed by atoms with Crippen LogP contribution in [-0.4, -0.2) is 61.2 Å². The second kappa shape index (κ2) is 4.48. The lowest BCUT2D eigenvalue weighted by molar-refractivity contribution is 0.161. The summed E-state index contributed by atoms with van der Waals surface area (Å²) in [5.74, 6) is 0. The van der Waals surface area contributed by atoms with Gasteiger partial charge in [0.15, 0.2) is 0 Å². The molecule has 96 valence electrons. The van der Waals surface area contributed by atoms with Crippen molar-refractivity contribution in [2.45, 2.75) is 37.6 Å². The molecule has 0 amide bonds. The zero-order valence-corrected chi connectivity index (χ0v) is 10.8. The summed E-state index contributed by atoms with van der Waals surface area (Å²) in [7, 11) is 2.18. The van der Waals surface area contributed by atoms with E-state index in [0.717, 1.165) is 38.8 Å². The zero-order chi connectivity index (χ0) is 11.7.